The Kier molecular flexibility index (Phi) is 3.48. The zero-order chi connectivity index (χ0) is 13.1. The van der Waals surface area contributed by atoms with Gasteiger partial charge in [0.15, 0.2) is 0 Å². The van der Waals surface area contributed by atoms with Gasteiger partial charge in [0.1, 0.15) is 0 Å². The molecular formula is C13H11ClN2O2. The normalized spacial score (nSPS) is 11.0. The number of halogens is 1. The molecule has 0 spiro atoms. The summed E-state index contributed by atoms with van der Waals surface area (Å²) in [5, 5.41) is 13.4. The summed E-state index contributed by atoms with van der Waals surface area (Å²) in [7, 11) is 0. The first-order chi connectivity index (χ1) is 8.58. The summed E-state index contributed by atoms with van der Waals surface area (Å²) in [5.74, 6) is -1.02. The van der Waals surface area contributed by atoms with Gasteiger partial charge in [-0.15, -0.1) is 0 Å². The molecule has 0 unspecified atom stereocenters. The molecule has 2 aromatic rings. The first-order valence-electron chi connectivity index (χ1n) is 5.30. The molecule has 1 heterocycles. The third kappa shape index (κ3) is 2.60. The van der Waals surface area contributed by atoms with Crippen molar-refractivity contribution in [2.75, 3.05) is 0 Å². The molecule has 1 aromatic carbocycles. The fourth-order valence-electron chi connectivity index (χ4n) is 1.59. The van der Waals surface area contributed by atoms with E-state index in [2.05, 4.69) is 5.10 Å². The standard InChI is InChI=1S/C13H11ClN2O2/c1-9-7-8-16(15-9)12-4-2-3-11(14)10(12)5-6-13(17)18/h2-8H,1H3,(H,17,18). The van der Waals surface area contributed by atoms with Gasteiger partial charge in [-0.1, -0.05) is 17.7 Å². The highest BCUT2D eigenvalue weighted by atomic mass is 35.5. The maximum absolute atomic E-state index is 10.6. The van der Waals surface area contributed by atoms with E-state index in [1.54, 1.807) is 23.0 Å². The predicted molar refractivity (Wildman–Crippen MR) is 70.0 cm³/mol. The molecule has 1 N–H and O–H groups in total. The van der Waals surface area contributed by atoms with Crippen LogP contribution in [-0.2, 0) is 4.79 Å². The van der Waals surface area contributed by atoms with Gasteiger partial charge in [0.05, 0.1) is 11.4 Å². The second-order valence-electron chi connectivity index (χ2n) is 3.75. The average molecular weight is 263 g/mol. The Morgan fingerprint density at radius 3 is 2.83 bits per heavy atom. The second kappa shape index (κ2) is 5.06. The average Bonchev–Trinajstić information content (AvgIpc) is 2.73. The van der Waals surface area contributed by atoms with Crippen LogP contribution in [0.15, 0.2) is 36.5 Å². The van der Waals surface area contributed by atoms with Crippen LogP contribution in [-0.4, -0.2) is 20.9 Å². The second-order valence-corrected chi connectivity index (χ2v) is 4.15. The molecule has 0 fully saturated rings. The van der Waals surface area contributed by atoms with E-state index in [-0.39, 0.29) is 0 Å². The van der Waals surface area contributed by atoms with E-state index in [1.165, 1.54) is 6.08 Å². The van der Waals surface area contributed by atoms with Gasteiger partial charge in [-0.2, -0.15) is 5.10 Å². The van der Waals surface area contributed by atoms with Crippen molar-refractivity contribution in [1.29, 1.82) is 0 Å². The topological polar surface area (TPSA) is 55.1 Å². The van der Waals surface area contributed by atoms with Crippen molar-refractivity contribution in [3.05, 3.63) is 52.8 Å². The minimum atomic E-state index is -1.02. The lowest BCUT2D eigenvalue weighted by atomic mass is 10.1. The van der Waals surface area contributed by atoms with Crippen molar-refractivity contribution in [2.45, 2.75) is 6.92 Å². The largest absolute Gasteiger partial charge is 0.478 e. The van der Waals surface area contributed by atoms with Gasteiger partial charge in [-0.05, 0) is 31.2 Å². The number of carboxylic acid groups (broad SMARTS) is 1. The minimum absolute atomic E-state index is 0.484. The molecule has 92 valence electrons. The Morgan fingerprint density at radius 2 is 2.22 bits per heavy atom. The molecule has 2 rings (SSSR count). The van der Waals surface area contributed by atoms with E-state index >= 15 is 0 Å². The molecule has 0 aliphatic carbocycles. The van der Waals surface area contributed by atoms with E-state index in [0.717, 1.165) is 17.5 Å². The third-order valence-corrected chi connectivity index (χ3v) is 2.72. The number of benzene rings is 1. The van der Waals surface area contributed by atoms with Gasteiger partial charge in [-0.3, -0.25) is 0 Å². The Morgan fingerprint density at radius 1 is 1.44 bits per heavy atom. The highest BCUT2D eigenvalue weighted by Crippen LogP contribution is 2.24. The van der Waals surface area contributed by atoms with Crippen LogP contribution in [0.25, 0.3) is 11.8 Å². The van der Waals surface area contributed by atoms with Crippen LogP contribution >= 0.6 is 11.6 Å². The third-order valence-electron chi connectivity index (χ3n) is 2.39. The number of nitrogens with zero attached hydrogens (tertiary/aromatic N) is 2. The molecule has 4 nitrogen and oxygen atoms in total. The number of aromatic nitrogens is 2. The van der Waals surface area contributed by atoms with Crippen LogP contribution in [0.5, 0.6) is 0 Å². The summed E-state index contributed by atoms with van der Waals surface area (Å²) in [4.78, 5) is 10.6. The number of hydrogen-bond donors (Lipinski definition) is 1. The fourth-order valence-corrected chi connectivity index (χ4v) is 1.83. The quantitative estimate of drug-likeness (QED) is 0.866. The molecule has 0 aliphatic rings. The highest BCUT2D eigenvalue weighted by Gasteiger charge is 2.07. The first-order valence-corrected chi connectivity index (χ1v) is 5.68. The Balaban J connectivity index is 2.54. The number of hydrogen-bond acceptors (Lipinski definition) is 2. The minimum Gasteiger partial charge on any atom is -0.478 e. The van der Waals surface area contributed by atoms with Gasteiger partial charge in [-0.25, -0.2) is 9.48 Å². The van der Waals surface area contributed by atoms with E-state index in [4.69, 9.17) is 16.7 Å². The van der Waals surface area contributed by atoms with E-state index in [9.17, 15) is 4.79 Å². The van der Waals surface area contributed by atoms with Crippen LogP contribution < -0.4 is 0 Å². The predicted octanol–water partition coefficient (Wildman–Crippen LogP) is 2.93. The summed E-state index contributed by atoms with van der Waals surface area (Å²) in [6.07, 6.45) is 4.33. The lowest BCUT2D eigenvalue weighted by Gasteiger charge is -2.07. The van der Waals surface area contributed by atoms with Crippen molar-refractivity contribution in [3.63, 3.8) is 0 Å². The van der Waals surface area contributed by atoms with Crippen LogP contribution in [0.2, 0.25) is 5.02 Å². The number of rotatable bonds is 3. The van der Waals surface area contributed by atoms with E-state index < -0.39 is 5.97 Å². The van der Waals surface area contributed by atoms with Crippen LogP contribution in [0.3, 0.4) is 0 Å². The Labute approximate surface area is 109 Å². The molecule has 5 heteroatoms. The summed E-state index contributed by atoms with van der Waals surface area (Å²) >= 11 is 6.08. The highest BCUT2D eigenvalue weighted by molar-refractivity contribution is 6.32. The summed E-state index contributed by atoms with van der Waals surface area (Å²) in [6, 6.07) is 7.21. The van der Waals surface area contributed by atoms with Gasteiger partial charge >= 0.3 is 5.97 Å². The van der Waals surface area contributed by atoms with Crippen LogP contribution in [0.4, 0.5) is 0 Å². The molecule has 18 heavy (non-hydrogen) atoms. The fraction of sp³-hybridized carbons (Fsp3) is 0.0769. The zero-order valence-electron chi connectivity index (χ0n) is 9.67. The molecule has 0 radical (unpaired) electrons. The van der Waals surface area contributed by atoms with Crippen molar-refractivity contribution in [2.24, 2.45) is 0 Å². The summed E-state index contributed by atoms with van der Waals surface area (Å²) in [5.41, 5.74) is 2.25. The lowest BCUT2D eigenvalue weighted by Crippen LogP contribution is -1.99. The molecule has 0 amide bonds. The van der Waals surface area contributed by atoms with E-state index in [0.29, 0.717) is 10.6 Å². The smallest absolute Gasteiger partial charge is 0.328 e. The molecule has 0 aliphatic heterocycles. The van der Waals surface area contributed by atoms with Gasteiger partial charge in [0.25, 0.3) is 0 Å². The molecule has 0 bridgehead atoms. The van der Waals surface area contributed by atoms with Crippen LogP contribution in [0, 0.1) is 6.92 Å². The summed E-state index contributed by atoms with van der Waals surface area (Å²) < 4.78 is 1.67. The van der Waals surface area contributed by atoms with E-state index in [1.807, 2.05) is 19.1 Å². The first kappa shape index (κ1) is 12.4. The number of carboxylic acids is 1. The molecule has 1 aromatic heterocycles. The van der Waals surface area contributed by atoms with Crippen LogP contribution in [0.1, 0.15) is 11.3 Å². The number of carbonyl (C=O) groups is 1. The zero-order valence-corrected chi connectivity index (χ0v) is 10.4. The Bertz CT molecular complexity index is 617. The maximum atomic E-state index is 10.6. The monoisotopic (exact) mass is 262 g/mol. The van der Waals surface area contributed by atoms with Crippen molar-refractivity contribution >= 4 is 23.6 Å². The van der Waals surface area contributed by atoms with Gasteiger partial charge in [0, 0.05) is 22.9 Å². The Hall–Kier alpha value is -2.07. The van der Waals surface area contributed by atoms with Gasteiger partial charge < -0.3 is 5.11 Å². The maximum Gasteiger partial charge on any atom is 0.328 e. The van der Waals surface area contributed by atoms with Gasteiger partial charge in [0.2, 0.25) is 0 Å². The number of aryl methyl sites for hydroxylation is 1. The van der Waals surface area contributed by atoms with Crippen molar-refractivity contribution < 1.29 is 9.90 Å². The summed E-state index contributed by atoms with van der Waals surface area (Å²) in [6.45, 7) is 1.88. The molecular weight excluding hydrogens is 252 g/mol. The molecule has 0 saturated carbocycles. The molecule has 0 atom stereocenters. The molecule has 0 saturated heterocycles. The van der Waals surface area contributed by atoms with Crippen molar-refractivity contribution in [3.8, 4) is 5.69 Å². The lowest BCUT2D eigenvalue weighted by molar-refractivity contribution is -0.131. The van der Waals surface area contributed by atoms with Crippen molar-refractivity contribution in [1.82, 2.24) is 9.78 Å². The SMILES string of the molecule is Cc1ccn(-c2cccc(Cl)c2C=CC(=O)O)n1. The number of aliphatic carboxylic acids is 1.